The summed E-state index contributed by atoms with van der Waals surface area (Å²) in [6.07, 6.45) is -0.153. The van der Waals surface area contributed by atoms with Gasteiger partial charge in [0.1, 0.15) is 0 Å². The van der Waals surface area contributed by atoms with Gasteiger partial charge in [-0.2, -0.15) is 0 Å². The summed E-state index contributed by atoms with van der Waals surface area (Å²) >= 11 is 0. The van der Waals surface area contributed by atoms with Gasteiger partial charge in [0.05, 0.1) is 13.0 Å². The van der Waals surface area contributed by atoms with E-state index in [0.717, 1.165) is 0 Å². The van der Waals surface area contributed by atoms with Crippen molar-refractivity contribution in [3.63, 3.8) is 0 Å². The number of aliphatic hydroxyl groups excluding tert-OH is 1. The molecule has 0 saturated heterocycles. The Bertz CT molecular complexity index is 54.1. The van der Waals surface area contributed by atoms with Crippen molar-refractivity contribution in [3.8, 4) is 0 Å². The number of rotatable bonds is 2. The Balaban J connectivity index is 0. The molecule has 0 unspecified atom stereocenters. The number of carboxylic acids is 1. The molecular weight excluding hydrogens is 123 g/mol. The van der Waals surface area contributed by atoms with E-state index < -0.39 is 5.97 Å². The van der Waals surface area contributed by atoms with Crippen LogP contribution in [-0.4, -0.2) is 74.2 Å². The fraction of sp³-hybridized carbons (Fsp3) is 0.667. The minimum absolute atomic E-state index is 0. The zero-order valence-electron chi connectivity index (χ0n) is 3.22. The van der Waals surface area contributed by atoms with Crippen molar-refractivity contribution in [1.82, 2.24) is 0 Å². The fourth-order valence-corrected chi connectivity index (χ4v) is 0.0956. The maximum atomic E-state index is 9.44. The molecular formula is C3H7KO3. The summed E-state index contributed by atoms with van der Waals surface area (Å²) in [7, 11) is 0. The average Bonchev–Trinajstić information content (AvgIpc) is 1.35. The van der Waals surface area contributed by atoms with Crippen LogP contribution in [-0.2, 0) is 4.79 Å². The predicted molar refractivity (Wildman–Crippen MR) is 26.5 cm³/mol. The van der Waals surface area contributed by atoms with Crippen LogP contribution in [0, 0.1) is 0 Å². The second-order valence-electron chi connectivity index (χ2n) is 0.867. The van der Waals surface area contributed by atoms with E-state index in [4.69, 9.17) is 10.2 Å². The molecule has 38 valence electrons. The van der Waals surface area contributed by atoms with Crippen LogP contribution < -0.4 is 0 Å². The average molecular weight is 130 g/mol. The van der Waals surface area contributed by atoms with E-state index in [1.165, 1.54) is 0 Å². The van der Waals surface area contributed by atoms with Crippen molar-refractivity contribution in [2.24, 2.45) is 0 Å². The van der Waals surface area contributed by atoms with E-state index in [-0.39, 0.29) is 64.4 Å². The Hall–Kier alpha value is 1.07. The summed E-state index contributed by atoms with van der Waals surface area (Å²) in [5, 5.41) is 15.6. The number of hydrogen-bond acceptors (Lipinski definition) is 2. The van der Waals surface area contributed by atoms with Crippen LogP contribution in [0.4, 0.5) is 0 Å². The maximum absolute atomic E-state index is 9.44. The molecule has 0 rings (SSSR count). The molecule has 2 N–H and O–H groups in total. The Labute approximate surface area is 84.1 Å². The van der Waals surface area contributed by atoms with E-state index in [9.17, 15) is 4.79 Å². The third-order valence-electron chi connectivity index (χ3n) is 0.326. The third kappa shape index (κ3) is 11.0. The quantitative estimate of drug-likeness (QED) is 0.462. The van der Waals surface area contributed by atoms with Gasteiger partial charge in [-0.15, -0.1) is 0 Å². The van der Waals surface area contributed by atoms with Gasteiger partial charge >= 0.3 is 57.4 Å². The molecule has 0 saturated carbocycles. The van der Waals surface area contributed by atoms with Crippen LogP contribution in [0.2, 0.25) is 0 Å². The molecule has 0 spiro atoms. The van der Waals surface area contributed by atoms with Crippen LogP contribution in [0.15, 0.2) is 0 Å². The van der Waals surface area contributed by atoms with E-state index in [0.29, 0.717) is 0 Å². The van der Waals surface area contributed by atoms with Gasteiger partial charge < -0.3 is 10.2 Å². The number of carboxylic acid groups (broad SMARTS) is 1. The second kappa shape index (κ2) is 7.07. The zero-order chi connectivity index (χ0) is 4.99. The first-order chi connectivity index (χ1) is 2.77. The molecule has 0 aromatic carbocycles. The molecule has 0 fully saturated rings. The van der Waals surface area contributed by atoms with Gasteiger partial charge in [-0.05, 0) is 0 Å². The molecule has 7 heavy (non-hydrogen) atoms. The first-order valence-electron chi connectivity index (χ1n) is 1.60. The summed E-state index contributed by atoms with van der Waals surface area (Å²) in [5.74, 6) is -0.961. The van der Waals surface area contributed by atoms with Gasteiger partial charge in [-0.3, -0.25) is 4.79 Å². The van der Waals surface area contributed by atoms with Crippen molar-refractivity contribution in [3.05, 3.63) is 0 Å². The van der Waals surface area contributed by atoms with E-state index >= 15 is 0 Å². The van der Waals surface area contributed by atoms with Crippen molar-refractivity contribution < 1.29 is 15.0 Å². The molecule has 3 nitrogen and oxygen atoms in total. The Morgan fingerprint density at radius 1 is 1.57 bits per heavy atom. The van der Waals surface area contributed by atoms with Gasteiger partial charge in [0.25, 0.3) is 0 Å². The number of aliphatic carboxylic acids is 1. The number of hydrogen-bond donors (Lipinski definition) is 2. The molecule has 0 bridgehead atoms. The minimum atomic E-state index is -0.961. The van der Waals surface area contributed by atoms with Crippen LogP contribution in [0.1, 0.15) is 6.42 Å². The van der Waals surface area contributed by atoms with Gasteiger partial charge in [0.15, 0.2) is 0 Å². The van der Waals surface area contributed by atoms with Gasteiger partial charge in [0.2, 0.25) is 0 Å². The monoisotopic (exact) mass is 130 g/mol. The van der Waals surface area contributed by atoms with E-state index in [2.05, 4.69) is 0 Å². The van der Waals surface area contributed by atoms with E-state index in [1.807, 2.05) is 0 Å². The topological polar surface area (TPSA) is 57.5 Å². The SMILES string of the molecule is O=C(O)CCO.[KH]. The fourth-order valence-electron chi connectivity index (χ4n) is 0.0956. The number of carbonyl (C=O) groups is 1. The van der Waals surface area contributed by atoms with Crippen molar-refractivity contribution >= 4 is 57.4 Å². The van der Waals surface area contributed by atoms with Crippen LogP contribution in [0.3, 0.4) is 0 Å². The summed E-state index contributed by atoms with van der Waals surface area (Å²) < 4.78 is 0. The normalized spacial score (nSPS) is 7.00. The van der Waals surface area contributed by atoms with Gasteiger partial charge in [0, 0.05) is 0 Å². The summed E-state index contributed by atoms with van der Waals surface area (Å²) in [6, 6.07) is 0. The molecule has 0 aliphatic heterocycles. The second-order valence-corrected chi connectivity index (χ2v) is 0.867. The summed E-state index contributed by atoms with van der Waals surface area (Å²) in [5.41, 5.74) is 0. The van der Waals surface area contributed by atoms with Crippen LogP contribution in [0.5, 0.6) is 0 Å². The summed E-state index contributed by atoms with van der Waals surface area (Å²) in [4.78, 5) is 9.44. The molecule has 0 atom stereocenters. The summed E-state index contributed by atoms with van der Waals surface area (Å²) in [6.45, 7) is -0.269. The van der Waals surface area contributed by atoms with Crippen LogP contribution >= 0.6 is 0 Å². The molecule has 0 aromatic rings. The predicted octanol–water partition coefficient (Wildman–Crippen LogP) is -1.20. The first-order valence-corrected chi connectivity index (χ1v) is 1.60. The Morgan fingerprint density at radius 2 is 2.00 bits per heavy atom. The number of aliphatic hydroxyl groups is 1. The molecule has 0 aliphatic carbocycles. The van der Waals surface area contributed by atoms with Crippen molar-refractivity contribution in [1.29, 1.82) is 0 Å². The molecule has 4 heteroatoms. The van der Waals surface area contributed by atoms with Gasteiger partial charge in [-0.25, -0.2) is 0 Å². The molecule has 0 amide bonds. The van der Waals surface area contributed by atoms with Crippen molar-refractivity contribution in [2.75, 3.05) is 6.61 Å². The molecule has 0 heterocycles. The Morgan fingerprint density at radius 3 is 2.00 bits per heavy atom. The van der Waals surface area contributed by atoms with Gasteiger partial charge in [-0.1, -0.05) is 0 Å². The van der Waals surface area contributed by atoms with Crippen LogP contribution in [0.25, 0.3) is 0 Å². The Kier molecular flexibility index (Phi) is 11.0. The van der Waals surface area contributed by atoms with Crippen molar-refractivity contribution in [2.45, 2.75) is 6.42 Å². The molecule has 0 aliphatic rings. The zero-order valence-corrected chi connectivity index (χ0v) is 3.22. The van der Waals surface area contributed by atoms with E-state index in [1.54, 1.807) is 0 Å². The molecule has 0 aromatic heterocycles. The first kappa shape index (κ1) is 10.9. The molecule has 0 radical (unpaired) electrons. The standard InChI is InChI=1S/C3H6O3.K.H/c4-2-1-3(5)6;;/h4H,1-2H2,(H,5,6);;. The third-order valence-corrected chi connectivity index (χ3v) is 0.326.